The third kappa shape index (κ3) is 5.31. The first-order valence-electron chi connectivity index (χ1n) is 6.11. The van der Waals surface area contributed by atoms with Crippen molar-refractivity contribution in [3.63, 3.8) is 0 Å². The smallest absolute Gasteiger partial charge is 0.317 e. The lowest BCUT2D eigenvalue weighted by atomic mass is 10.3. The zero-order chi connectivity index (χ0) is 15.1. The number of carboxylic acid groups (broad SMARTS) is 1. The fraction of sp³-hybridized carbons (Fsp3) is 0.385. The summed E-state index contributed by atoms with van der Waals surface area (Å²) in [5.41, 5.74) is -0.136. The summed E-state index contributed by atoms with van der Waals surface area (Å²) >= 11 is 0. The number of amides is 1. The number of nitrogens with one attached hydrogen (secondary N) is 1. The van der Waals surface area contributed by atoms with Gasteiger partial charge >= 0.3 is 5.97 Å². The van der Waals surface area contributed by atoms with Crippen LogP contribution in [0.25, 0.3) is 0 Å². The van der Waals surface area contributed by atoms with Gasteiger partial charge in [0.15, 0.2) is 0 Å². The van der Waals surface area contributed by atoms with Gasteiger partial charge in [0.05, 0.1) is 18.8 Å². The van der Waals surface area contributed by atoms with Gasteiger partial charge in [-0.25, -0.2) is 8.78 Å². The molecular weight excluding hydrogens is 270 g/mol. The van der Waals surface area contributed by atoms with Crippen LogP contribution in [0.4, 0.5) is 14.5 Å². The number of anilines is 1. The average Bonchev–Trinajstić information content (AvgIpc) is 2.32. The van der Waals surface area contributed by atoms with Crippen LogP contribution in [-0.2, 0) is 9.59 Å². The summed E-state index contributed by atoms with van der Waals surface area (Å²) < 4.78 is 26.1. The van der Waals surface area contributed by atoms with E-state index in [1.54, 1.807) is 0 Å². The predicted molar refractivity (Wildman–Crippen MR) is 69.4 cm³/mol. The number of hydrogen-bond acceptors (Lipinski definition) is 3. The van der Waals surface area contributed by atoms with Crippen molar-refractivity contribution in [3.8, 4) is 0 Å². The van der Waals surface area contributed by atoms with Gasteiger partial charge in [0.1, 0.15) is 11.6 Å². The standard InChI is InChI=1S/C13H16F2N2O3/c1-2-5-17(8-13(19)20)7-12(18)16-11-4-3-9(14)6-10(11)15/h3-4,6H,2,5,7-8H2,1H3,(H,16,18)(H,19,20). The van der Waals surface area contributed by atoms with Crippen LogP contribution in [0.2, 0.25) is 0 Å². The van der Waals surface area contributed by atoms with E-state index < -0.39 is 23.5 Å². The summed E-state index contributed by atoms with van der Waals surface area (Å²) in [6, 6.07) is 2.81. The number of aliphatic carboxylic acids is 1. The summed E-state index contributed by atoms with van der Waals surface area (Å²) in [6.45, 7) is 1.85. The first-order chi connectivity index (χ1) is 9.42. The van der Waals surface area contributed by atoms with Gasteiger partial charge in [0, 0.05) is 6.07 Å². The maximum Gasteiger partial charge on any atom is 0.317 e. The van der Waals surface area contributed by atoms with E-state index in [4.69, 9.17) is 5.11 Å². The van der Waals surface area contributed by atoms with Crippen LogP contribution in [0.5, 0.6) is 0 Å². The lowest BCUT2D eigenvalue weighted by Crippen LogP contribution is -2.37. The number of carboxylic acids is 1. The Morgan fingerprint density at radius 3 is 2.55 bits per heavy atom. The normalized spacial score (nSPS) is 10.6. The molecular formula is C13H16F2N2O3. The van der Waals surface area contributed by atoms with Crippen LogP contribution < -0.4 is 5.32 Å². The van der Waals surface area contributed by atoms with E-state index in [-0.39, 0.29) is 18.8 Å². The molecule has 1 rings (SSSR count). The molecule has 1 aromatic carbocycles. The first-order valence-corrected chi connectivity index (χ1v) is 6.11. The Kier molecular flexibility index (Phi) is 6.05. The van der Waals surface area contributed by atoms with Gasteiger partial charge < -0.3 is 10.4 Å². The number of carbonyl (C=O) groups excluding carboxylic acids is 1. The Bertz CT molecular complexity index is 495. The van der Waals surface area contributed by atoms with Gasteiger partial charge in [0.2, 0.25) is 5.91 Å². The molecule has 0 aliphatic carbocycles. The number of halogens is 2. The van der Waals surface area contributed by atoms with E-state index in [0.717, 1.165) is 12.1 Å². The summed E-state index contributed by atoms with van der Waals surface area (Å²) in [5.74, 6) is -3.21. The first kappa shape index (κ1) is 16.0. The molecule has 0 heterocycles. The van der Waals surface area contributed by atoms with Crippen molar-refractivity contribution in [2.45, 2.75) is 13.3 Å². The van der Waals surface area contributed by atoms with Crippen LogP contribution in [0.3, 0.4) is 0 Å². The highest BCUT2D eigenvalue weighted by atomic mass is 19.1. The molecule has 1 amide bonds. The van der Waals surface area contributed by atoms with Crippen LogP contribution in [0, 0.1) is 11.6 Å². The fourth-order valence-electron chi connectivity index (χ4n) is 1.71. The minimum atomic E-state index is -1.04. The molecule has 0 fully saturated rings. The predicted octanol–water partition coefficient (Wildman–Crippen LogP) is 1.70. The fourth-order valence-corrected chi connectivity index (χ4v) is 1.71. The van der Waals surface area contributed by atoms with Crippen LogP contribution >= 0.6 is 0 Å². The molecule has 0 bridgehead atoms. The number of carbonyl (C=O) groups is 2. The van der Waals surface area contributed by atoms with E-state index >= 15 is 0 Å². The van der Waals surface area contributed by atoms with Crippen LogP contribution in [0.1, 0.15) is 13.3 Å². The van der Waals surface area contributed by atoms with Crippen molar-refractivity contribution in [1.82, 2.24) is 4.90 Å². The van der Waals surface area contributed by atoms with Crippen molar-refractivity contribution < 1.29 is 23.5 Å². The van der Waals surface area contributed by atoms with E-state index in [2.05, 4.69) is 5.32 Å². The Morgan fingerprint density at radius 1 is 1.30 bits per heavy atom. The highest BCUT2D eigenvalue weighted by Gasteiger charge is 2.14. The average molecular weight is 286 g/mol. The van der Waals surface area contributed by atoms with E-state index in [0.29, 0.717) is 19.0 Å². The molecule has 0 aromatic heterocycles. The second kappa shape index (κ2) is 7.54. The molecule has 0 radical (unpaired) electrons. The molecule has 110 valence electrons. The number of rotatable bonds is 7. The summed E-state index contributed by atoms with van der Waals surface area (Å²) in [7, 11) is 0. The SMILES string of the molecule is CCCN(CC(=O)O)CC(=O)Nc1ccc(F)cc1F. The molecule has 7 heteroatoms. The lowest BCUT2D eigenvalue weighted by molar-refractivity contribution is -0.138. The Morgan fingerprint density at radius 2 is 2.00 bits per heavy atom. The van der Waals surface area contributed by atoms with E-state index in [1.807, 2.05) is 6.92 Å². The van der Waals surface area contributed by atoms with Crippen LogP contribution in [-0.4, -0.2) is 41.5 Å². The monoisotopic (exact) mass is 286 g/mol. The second-order valence-electron chi connectivity index (χ2n) is 4.28. The molecule has 0 saturated carbocycles. The topological polar surface area (TPSA) is 69.6 Å². The van der Waals surface area contributed by atoms with E-state index in [1.165, 1.54) is 4.90 Å². The molecule has 0 unspecified atom stereocenters. The zero-order valence-corrected chi connectivity index (χ0v) is 11.0. The quantitative estimate of drug-likeness (QED) is 0.800. The lowest BCUT2D eigenvalue weighted by Gasteiger charge is -2.18. The zero-order valence-electron chi connectivity index (χ0n) is 11.0. The maximum atomic E-state index is 13.3. The largest absolute Gasteiger partial charge is 0.480 e. The molecule has 0 saturated heterocycles. The molecule has 20 heavy (non-hydrogen) atoms. The van der Waals surface area contributed by atoms with Gasteiger partial charge in [0.25, 0.3) is 0 Å². The molecule has 2 N–H and O–H groups in total. The maximum absolute atomic E-state index is 13.3. The summed E-state index contributed by atoms with van der Waals surface area (Å²) in [6.07, 6.45) is 0.686. The molecule has 0 aliphatic rings. The Balaban J connectivity index is 2.62. The van der Waals surface area contributed by atoms with E-state index in [9.17, 15) is 18.4 Å². The van der Waals surface area contributed by atoms with Crippen molar-refractivity contribution in [2.24, 2.45) is 0 Å². The summed E-state index contributed by atoms with van der Waals surface area (Å²) in [4.78, 5) is 23.8. The second-order valence-corrected chi connectivity index (χ2v) is 4.28. The number of benzene rings is 1. The van der Waals surface area contributed by atoms with Crippen molar-refractivity contribution in [1.29, 1.82) is 0 Å². The van der Waals surface area contributed by atoms with Gasteiger partial charge in [-0.1, -0.05) is 6.92 Å². The minimum absolute atomic E-state index is 0.136. The highest BCUT2D eigenvalue weighted by Crippen LogP contribution is 2.14. The third-order valence-electron chi connectivity index (χ3n) is 2.47. The van der Waals surface area contributed by atoms with Gasteiger partial charge in [-0.15, -0.1) is 0 Å². The molecule has 0 spiro atoms. The van der Waals surface area contributed by atoms with Crippen molar-refractivity contribution in [3.05, 3.63) is 29.8 Å². The minimum Gasteiger partial charge on any atom is -0.480 e. The number of hydrogen-bond donors (Lipinski definition) is 2. The third-order valence-corrected chi connectivity index (χ3v) is 2.47. The molecule has 1 aromatic rings. The summed E-state index contributed by atoms with van der Waals surface area (Å²) in [5, 5.41) is 11.0. The van der Waals surface area contributed by atoms with Crippen molar-refractivity contribution in [2.75, 3.05) is 25.0 Å². The van der Waals surface area contributed by atoms with Gasteiger partial charge in [-0.05, 0) is 25.1 Å². The molecule has 0 atom stereocenters. The Labute approximate surface area is 115 Å². The van der Waals surface area contributed by atoms with Crippen LogP contribution in [0.15, 0.2) is 18.2 Å². The molecule has 0 aliphatic heterocycles. The Hall–Kier alpha value is -2.02. The molecule has 5 nitrogen and oxygen atoms in total. The van der Waals surface area contributed by atoms with Gasteiger partial charge in [-0.2, -0.15) is 0 Å². The van der Waals surface area contributed by atoms with Crippen molar-refractivity contribution >= 4 is 17.6 Å². The van der Waals surface area contributed by atoms with Gasteiger partial charge in [-0.3, -0.25) is 14.5 Å². The highest BCUT2D eigenvalue weighted by molar-refractivity contribution is 5.92. The number of nitrogens with zero attached hydrogens (tertiary/aromatic N) is 1.